The average Bonchev–Trinajstić information content (AvgIpc) is 3.36. The molecule has 0 fully saturated rings. The van der Waals surface area contributed by atoms with Crippen molar-refractivity contribution in [2.45, 2.75) is 25.2 Å². The number of benzene rings is 3. The van der Waals surface area contributed by atoms with Crippen LogP contribution in [0.3, 0.4) is 0 Å². The third kappa shape index (κ3) is 3.01. The number of fused-ring (bicyclic) bond motifs is 2. The summed E-state index contributed by atoms with van der Waals surface area (Å²) < 4.78 is 0. The number of aromatic nitrogens is 2. The Morgan fingerprint density at radius 3 is 2.31 bits per heavy atom. The van der Waals surface area contributed by atoms with Crippen molar-refractivity contribution < 1.29 is 4.79 Å². The second-order valence-corrected chi connectivity index (χ2v) is 10.6. The van der Waals surface area contributed by atoms with Gasteiger partial charge in [0.15, 0.2) is 5.13 Å². The van der Waals surface area contributed by atoms with Gasteiger partial charge in [0.25, 0.3) is 0 Å². The molecule has 0 saturated heterocycles. The summed E-state index contributed by atoms with van der Waals surface area (Å²) in [6, 6.07) is 27.3. The SMILES string of the molecule is CC1(C(=O)Nc2nc(-c3ccnc4ccccc34)cs2)CC2c3ccccc3C1c1ccccc12. The van der Waals surface area contributed by atoms with Crippen LogP contribution in [0.25, 0.3) is 22.2 Å². The zero-order valence-corrected chi connectivity index (χ0v) is 20.0. The van der Waals surface area contributed by atoms with Crippen LogP contribution in [0.15, 0.2) is 90.4 Å². The Kier molecular flexibility index (Phi) is 4.45. The minimum Gasteiger partial charge on any atom is -0.301 e. The van der Waals surface area contributed by atoms with E-state index in [0.717, 1.165) is 28.6 Å². The van der Waals surface area contributed by atoms with Crippen molar-refractivity contribution in [3.05, 3.63) is 113 Å². The van der Waals surface area contributed by atoms with Crippen LogP contribution in [0, 0.1) is 5.41 Å². The molecule has 2 bridgehead atoms. The minimum atomic E-state index is -0.553. The zero-order valence-electron chi connectivity index (χ0n) is 19.2. The van der Waals surface area contributed by atoms with Gasteiger partial charge in [-0.1, -0.05) is 66.7 Å². The monoisotopic (exact) mass is 473 g/mol. The van der Waals surface area contributed by atoms with Crippen LogP contribution in [-0.4, -0.2) is 15.9 Å². The lowest BCUT2D eigenvalue weighted by atomic mass is 9.52. The van der Waals surface area contributed by atoms with Gasteiger partial charge in [0.05, 0.1) is 16.6 Å². The fourth-order valence-corrected chi connectivity index (χ4v) is 6.91. The van der Waals surface area contributed by atoms with Crippen molar-refractivity contribution in [1.82, 2.24) is 9.97 Å². The van der Waals surface area contributed by atoms with E-state index in [-0.39, 0.29) is 17.7 Å². The fraction of sp³-hybridized carbons (Fsp3) is 0.167. The molecule has 0 spiro atoms. The molecule has 3 aliphatic rings. The van der Waals surface area contributed by atoms with Crippen LogP contribution < -0.4 is 5.32 Å². The Hall–Kier alpha value is -3.83. The number of carbonyl (C=O) groups excluding carboxylic acids is 1. The zero-order chi connectivity index (χ0) is 23.6. The van der Waals surface area contributed by atoms with E-state index in [1.807, 2.05) is 35.8 Å². The van der Waals surface area contributed by atoms with Crippen LogP contribution in [-0.2, 0) is 4.79 Å². The van der Waals surface area contributed by atoms with Gasteiger partial charge >= 0.3 is 0 Å². The van der Waals surface area contributed by atoms with Gasteiger partial charge in [-0.15, -0.1) is 11.3 Å². The number of anilines is 1. The van der Waals surface area contributed by atoms with Gasteiger partial charge in [-0.25, -0.2) is 4.98 Å². The molecule has 5 aromatic rings. The van der Waals surface area contributed by atoms with E-state index in [9.17, 15) is 4.79 Å². The first-order chi connectivity index (χ1) is 17.1. The molecule has 0 aliphatic heterocycles. The molecule has 0 radical (unpaired) electrons. The number of thiazole rings is 1. The Labute approximate surface area is 207 Å². The molecule has 4 nitrogen and oxygen atoms in total. The largest absolute Gasteiger partial charge is 0.301 e. The van der Waals surface area contributed by atoms with Gasteiger partial charge < -0.3 is 5.32 Å². The van der Waals surface area contributed by atoms with Crippen molar-refractivity contribution in [2.75, 3.05) is 5.32 Å². The third-order valence-electron chi connectivity index (χ3n) is 7.80. The van der Waals surface area contributed by atoms with E-state index in [4.69, 9.17) is 4.98 Å². The first-order valence-electron chi connectivity index (χ1n) is 11.9. The van der Waals surface area contributed by atoms with Gasteiger partial charge in [-0.2, -0.15) is 0 Å². The number of pyridine rings is 1. The van der Waals surface area contributed by atoms with Crippen LogP contribution in [0.1, 0.15) is 47.4 Å². The van der Waals surface area contributed by atoms with E-state index in [2.05, 4.69) is 71.8 Å². The summed E-state index contributed by atoms with van der Waals surface area (Å²) in [7, 11) is 0. The topological polar surface area (TPSA) is 54.9 Å². The van der Waals surface area contributed by atoms with Gasteiger partial charge in [-0.05, 0) is 47.7 Å². The highest BCUT2D eigenvalue weighted by atomic mass is 32.1. The van der Waals surface area contributed by atoms with E-state index in [1.165, 1.54) is 33.6 Å². The molecule has 1 atom stereocenters. The van der Waals surface area contributed by atoms with E-state index < -0.39 is 5.41 Å². The fourth-order valence-electron chi connectivity index (χ4n) is 6.20. The van der Waals surface area contributed by atoms with E-state index in [1.54, 1.807) is 0 Å². The van der Waals surface area contributed by atoms with E-state index in [0.29, 0.717) is 5.13 Å². The van der Waals surface area contributed by atoms with Crippen LogP contribution in [0.5, 0.6) is 0 Å². The average molecular weight is 474 g/mol. The maximum atomic E-state index is 13.9. The van der Waals surface area contributed by atoms with E-state index >= 15 is 0 Å². The molecule has 1 amide bonds. The number of para-hydroxylation sites is 1. The Morgan fingerprint density at radius 1 is 0.914 bits per heavy atom. The molecule has 0 saturated carbocycles. The summed E-state index contributed by atoms with van der Waals surface area (Å²) >= 11 is 1.47. The molecular formula is C30H23N3OS. The Bertz CT molecular complexity index is 1570. The lowest BCUT2D eigenvalue weighted by Crippen LogP contribution is -2.47. The molecule has 5 heteroatoms. The summed E-state index contributed by atoms with van der Waals surface area (Å²) in [5.74, 6) is 0.304. The molecular weight excluding hydrogens is 450 g/mol. The van der Waals surface area contributed by atoms with Crippen LogP contribution in [0.4, 0.5) is 5.13 Å². The molecule has 2 heterocycles. The smallest absolute Gasteiger partial charge is 0.233 e. The first kappa shape index (κ1) is 20.5. The predicted octanol–water partition coefficient (Wildman–Crippen LogP) is 6.98. The molecule has 8 rings (SSSR count). The number of hydrogen-bond donors (Lipinski definition) is 1. The maximum Gasteiger partial charge on any atom is 0.233 e. The van der Waals surface area contributed by atoms with Crippen molar-refractivity contribution in [3.63, 3.8) is 0 Å². The van der Waals surface area contributed by atoms with Crippen molar-refractivity contribution in [2.24, 2.45) is 5.41 Å². The molecule has 2 aromatic heterocycles. The Morgan fingerprint density at radius 2 is 1.57 bits per heavy atom. The predicted molar refractivity (Wildman–Crippen MR) is 141 cm³/mol. The van der Waals surface area contributed by atoms with Gasteiger partial charge in [0.1, 0.15) is 0 Å². The van der Waals surface area contributed by atoms with Crippen molar-refractivity contribution >= 4 is 33.3 Å². The molecule has 1 unspecified atom stereocenters. The lowest BCUT2D eigenvalue weighted by molar-refractivity contribution is -0.126. The molecule has 3 aromatic carbocycles. The first-order valence-corrected chi connectivity index (χ1v) is 12.8. The van der Waals surface area contributed by atoms with Gasteiger partial charge in [-0.3, -0.25) is 9.78 Å². The molecule has 35 heavy (non-hydrogen) atoms. The summed E-state index contributed by atoms with van der Waals surface area (Å²) in [6.45, 7) is 2.12. The molecule has 170 valence electrons. The summed E-state index contributed by atoms with van der Waals surface area (Å²) in [6.07, 6.45) is 2.61. The number of carbonyl (C=O) groups is 1. The van der Waals surface area contributed by atoms with Crippen LogP contribution >= 0.6 is 11.3 Å². The van der Waals surface area contributed by atoms with Gasteiger partial charge in [0.2, 0.25) is 5.91 Å². The summed E-state index contributed by atoms with van der Waals surface area (Å²) in [4.78, 5) is 23.2. The Balaban J connectivity index is 1.24. The third-order valence-corrected chi connectivity index (χ3v) is 8.56. The lowest BCUT2D eigenvalue weighted by Gasteiger charge is -2.50. The van der Waals surface area contributed by atoms with Crippen molar-refractivity contribution in [1.29, 1.82) is 0 Å². The van der Waals surface area contributed by atoms with Crippen molar-refractivity contribution in [3.8, 4) is 11.3 Å². The number of nitrogens with one attached hydrogen (secondary N) is 1. The summed E-state index contributed by atoms with van der Waals surface area (Å²) in [5, 5.41) is 6.89. The normalized spacial score (nSPS) is 22.0. The number of nitrogens with zero attached hydrogens (tertiary/aromatic N) is 2. The quantitative estimate of drug-likeness (QED) is 0.307. The number of rotatable bonds is 3. The highest BCUT2D eigenvalue weighted by Crippen LogP contribution is 2.61. The molecule has 1 N–H and O–H groups in total. The maximum absolute atomic E-state index is 13.9. The summed E-state index contributed by atoms with van der Waals surface area (Å²) in [5.41, 5.74) is 7.55. The standard InChI is InChI=1S/C30H23N3OS/c1-30(16-24-18-8-2-4-11-22(18)27(30)23-12-5-3-9-19(23)24)28(34)33-29-32-26(17-35-29)21-14-15-31-25-13-7-6-10-20(21)25/h2-15,17,24,27H,16H2,1H3,(H,32,33,34). The van der Waals surface area contributed by atoms with Gasteiger partial charge in [0, 0.05) is 34.4 Å². The number of amides is 1. The second kappa shape index (κ2) is 7.59. The highest BCUT2D eigenvalue weighted by molar-refractivity contribution is 7.14. The number of hydrogen-bond acceptors (Lipinski definition) is 4. The second-order valence-electron chi connectivity index (χ2n) is 9.73. The minimum absolute atomic E-state index is 0.0310. The highest BCUT2D eigenvalue weighted by Gasteiger charge is 2.53. The van der Waals surface area contributed by atoms with Crippen LogP contribution in [0.2, 0.25) is 0 Å². The molecule has 3 aliphatic carbocycles.